The lowest BCUT2D eigenvalue weighted by atomic mass is 10.1. The third-order valence-electron chi connectivity index (χ3n) is 2.44. The van der Waals surface area contributed by atoms with Crippen LogP contribution in [0.4, 0.5) is 0 Å². The lowest BCUT2D eigenvalue weighted by Gasteiger charge is -2.26. The van der Waals surface area contributed by atoms with E-state index in [9.17, 15) is 0 Å². The Morgan fingerprint density at radius 1 is 1.33 bits per heavy atom. The number of hydrogen-bond donors (Lipinski definition) is 1. The molecule has 1 N–H and O–H groups in total. The first kappa shape index (κ1) is 11.9. The van der Waals surface area contributed by atoms with Gasteiger partial charge in [0, 0.05) is 12.6 Å². The van der Waals surface area contributed by atoms with Crippen molar-refractivity contribution >= 4 is 0 Å². The van der Waals surface area contributed by atoms with Crippen LogP contribution in [-0.4, -0.2) is 36.2 Å². The van der Waals surface area contributed by atoms with Crippen molar-refractivity contribution in [2.24, 2.45) is 0 Å². The summed E-state index contributed by atoms with van der Waals surface area (Å²) in [5.41, 5.74) is 0. The van der Waals surface area contributed by atoms with E-state index in [2.05, 4.69) is 25.8 Å². The molecule has 1 atom stereocenters. The summed E-state index contributed by atoms with van der Waals surface area (Å²) < 4.78 is 0. The lowest BCUT2D eigenvalue weighted by Crippen LogP contribution is -2.33. The number of nitrogens with zero attached hydrogens (tertiary/aromatic N) is 1. The maximum atomic E-state index is 8.76. The van der Waals surface area contributed by atoms with Gasteiger partial charge in [-0.1, -0.05) is 26.7 Å². The third-order valence-corrected chi connectivity index (χ3v) is 2.44. The van der Waals surface area contributed by atoms with E-state index in [1.165, 1.54) is 25.7 Å². The Bertz CT molecular complexity index is 95.8. The molecule has 0 aliphatic rings. The second kappa shape index (κ2) is 7.56. The first-order chi connectivity index (χ1) is 5.76. The summed E-state index contributed by atoms with van der Waals surface area (Å²) in [5.74, 6) is 0. The highest BCUT2D eigenvalue weighted by Gasteiger charge is 2.10. The predicted molar refractivity (Wildman–Crippen MR) is 53.3 cm³/mol. The molecule has 2 heteroatoms. The van der Waals surface area contributed by atoms with E-state index in [1.807, 2.05) is 0 Å². The van der Waals surface area contributed by atoms with Crippen LogP contribution < -0.4 is 0 Å². The molecule has 0 radical (unpaired) electrons. The SMILES string of the molecule is CCCCC(CC)N(C)CCO. The summed E-state index contributed by atoms with van der Waals surface area (Å²) in [7, 11) is 2.10. The summed E-state index contributed by atoms with van der Waals surface area (Å²) in [6.45, 7) is 5.52. The number of rotatable bonds is 7. The molecule has 0 rings (SSSR count). The molecule has 0 aromatic rings. The van der Waals surface area contributed by atoms with Crippen LogP contribution in [-0.2, 0) is 0 Å². The smallest absolute Gasteiger partial charge is 0.0558 e. The number of aliphatic hydroxyl groups excluding tert-OH is 1. The molecule has 0 fully saturated rings. The van der Waals surface area contributed by atoms with Gasteiger partial charge in [-0.25, -0.2) is 0 Å². The zero-order valence-corrected chi connectivity index (χ0v) is 8.71. The molecule has 0 heterocycles. The molecule has 0 saturated carbocycles. The van der Waals surface area contributed by atoms with Gasteiger partial charge in [0.1, 0.15) is 0 Å². The van der Waals surface area contributed by atoms with Crippen molar-refractivity contribution in [2.75, 3.05) is 20.2 Å². The fraction of sp³-hybridized carbons (Fsp3) is 1.00. The first-order valence-corrected chi connectivity index (χ1v) is 5.07. The van der Waals surface area contributed by atoms with Crippen LogP contribution >= 0.6 is 0 Å². The lowest BCUT2D eigenvalue weighted by molar-refractivity contribution is 0.168. The number of hydrogen-bond acceptors (Lipinski definition) is 2. The normalized spacial score (nSPS) is 13.8. The highest BCUT2D eigenvalue weighted by molar-refractivity contribution is 4.66. The van der Waals surface area contributed by atoms with Gasteiger partial charge in [0.25, 0.3) is 0 Å². The molecule has 0 aromatic heterocycles. The van der Waals surface area contributed by atoms with Crippen LogP contribution in [0.1, 0.15) is 39.5 Å². The molecule has 1 unspecified atom stereocenters. The summed E-state index contributed by atoms with van der Waals surface area (Å²) in [4.78, 5) is 2.26. The van der Waals surface area contributed by atoms with Gasteiger partial charge >= 0.3 is 0 Å². The van der Waals surface area contributed by atoms with Crippen molar-refractivity contribution in [1.82, 2.24) is 4.90 Å². The van der Waals surface area contributed by atoms with Gasteiger partial charge in [-0.15, -0.1) is 0 Å². The zero-order chi connectivity index (χ0) is 9.40. The predicted octanol–water partition coefficient (Wildman–Crippen LogP) is 1.88. The largest absolute Gasteiger partial charge is 0.395 e. The number of aliphatic hydroxyl groups is 1. The van der Waals surface area contributed by atoms with Gasteiger partial charge < -0.3 is 10.0 Å². The second-order valence-corrected chi connectivity index (χ2v) is 3.41. The van der Waals surface area contributed by atoms with Crippen molar-refractivity contribution in [1.29, 1.82) is 0 Å². The molecule has 0 bridgehead atoms. The van der Waals surface area contributed by atoms with Crippen molar-refractivity contribution in [2.45, 2.75) is 45.6 Å². The third kappa shape index (κ3) is 4.73. The van der Waals surface area contributed by atoms with Crippen molar-refractivity contribution in [3.8, 4) is 0 Å². The van der Waals surface area contributed by atoms with Gasteiger partial charge in [-0.3, -0.25) is 0 Å². The molecular weight excluding hydrogens is 150 g/mol. The van der Waals surface area contributed by atoms with E-state index in [0.29, 0.717) is 6.04 Å². The minimum absolute atomic E-state index is 0.277. The van der Waals surface area contributed by atoms with E-state index in [-0.39, 0.29) is 6.61 Å². The molecule has 0 aliphatic carbocycles. The summed E-state index contributed by atoms with van der Waals surface area (Å²) in [6.07, 6.45) is 5.03. The van der Waals surface area contributed by atoms with Gasteiger partial charge in [-0.2, -0.15) is 0 Å². The van der Waals surface area contributed by atoms with Crippen molar-refractivity contribution < 1.29 is 5.11 Å². The minimum atomic E-state index is 0.277. The number of unbranched alkanes of at least 4 members (excludes halogenated alkanes) is 1. The molecule has 0 spiro atoms. The van der Waals surface area contributed by atoms with Crippen LogP contribution in [0.3, 0.4) is 0 Å². The van der Waals surface area contributed by atoms with E-state index in [0.717, 1.165) is 6.54 Å². The Morgan fingerprint density at radius 2 is 2.00 bits per heavy atom. The highest BCUT2D eigenvalue weighted by atomic mass is 16.3. The number of likely N-dealkylation sites (N-methyl/N-ethyl adjacent to an activating group) is 1. The Labute approximate surface area is 76.6 Å². The van der Waals surface area contributed by atoms with Gasteiger partial charge in [0.2, 0.25) is 0 Å². The molecule has 74 valence electrons. The quantitative estimate of drug-likeness (QED) is 0.635. The fourth-order valence-electron chi connectivity index (χ4n) is 1.52. The van der Waals surface area contributed by atoms with E-state index in [4.69, 9.17) is 5.11 Å². The van der Waals surface area contributed by atoms with Crippen molar-refractivity contribution in [3.05, 3.63) is 0 Å². The van der Waals surface area contributed by atoms with E-state index in [1.54, 1.807) is 0 Å². The van der Waals surface area contributed by atoms with Crippen molar-refractivity contribution in [3.63, 3.8) is 0 Å². The average Bonchev–Trinajstić information content (AvgIpc) is 2.06. The van der Waals surface area contributed by atoms with Crippen LogP contribution in [0.15, 0.2) is 0 Å². The van der Waals surface area contributed by atoms with Crippen LogP contribution in [0.25, 0.3) is 0 Å². The van der Waals surface area contributed by atoms with Crippen LogP contribution in [0.5, 0.6) is 0 Å². The monoisotopic (exact) mass is 173 g/mol. The molecule has 0 amide bonds. The first-order valence-electron chi connectivity index (χ1n) is 5.07. The molecule has 0 aliphatic heterocycles. The highest BCUT2D eigenvalue weighted by Crippen LogP contribution is 2.09. The van der Waals surface area contributed by atoms with Gasteiger partial charge in [0.05, 0.1) is 6.61 Å². The summed E-state index contributed by atoms with van der Waals surface area (Å²) >= 11 is 0. The van der Waals surface area contributed by atoms with Gasteiger partial charge in [-0.05, 0) is 19.9 Å². The Hall–Kier alpha value is -0.0800. The maximum absolute atomic E-state index is 8.76. The molecule has 12 heavy (non-hydrogen) atoms. The standard InChI is InChI=1S/C10H23NO/c1-4-6-7-10(5-2)11(3)8-9-12/h10,12H,4-9H2,1-3H3. The van der Waals surface area contributed by atoms with E-state index < -0.39 is 0 Å². The van der Waals surface area contributed by atoms with Crippen LogP contribution in [0.2, 0.25) is 0 Å². The Kier molecular flexibility index (Phi) is 7.51. The Morgan fingerprint density at radius 3 is 2.42 bits per heavy atom. The molecule has 0 saturated heterocycles. The zero-order valence-electron chi connectivity index (χ0n) is 8.71. The fourth-order valence-corrected chi connectivity index (χ4v) is 1.52. The average molecular weight is 173 g/mol. The summed E-state index contributed by atoms with van der Waals surface area (Å²) in [6, 6.07) is 0.664. The minimum Gasteiger partial charge on any atom is -0.395 e. The second-order valence-electron chi connectivity index (χ2n) is 3.41. The van der Waals surface area contributed by atoms with Gasteiger partial charge in [0.15, 0.2) is 0 Å². The van der Waals surface area contributed by atoms with E-state index >= 15 is 0 Å². The Balaban J connectivity index is 3.62. The van der Waals surface area contributed by atoms with Crippen LogP contribution in [0, 0.1) is 0 Å². The maximum Gasteiger partial charge on any atom is 0.0558 e. The summed E-state index contributed by atoms with van der Waals surface area (Å²) in [5, 5.41) is 8.76. The molecule has 0 aromatic carbocycles. The topological polar surface area (TPSA) is 23.5 Å². The molecule has 2 nitrogen and oxygen atoms in total. The molecular formula is C10H23NO.